The minimum atomic E-state index is 0.219. The zero-order valence-corrected chi connectivity index (χ0v) is 8.51. The van der Waals surface area contributed by atoms with E-state index in [0.29, 0.717) is 17.4 Å². The van der Waals surface area contributed by atoms with Crippen LogP contribution in [-0.2, 0) is 4.74 Å². The normalized spacial score (nSPS) is 12.8. The highest BCUT2D eigenvalue weighted by Gasteiger charge is 2.10. The predicted octanol–water partition coefficient (Wildman–Crippen LogP) is 2.07. The van der Waals surface area contributed by atoms with Gasteiger partial charge in [0.1, 0.15) is 5.82 Å². The van der Waals surface area contributed by atoms with Gasteiger partial charge in [-0.1, -0.05) is 18.5 Å². The second-order valence-corrected chi connectivity index (χ2v) is 3.42. The molecule has 1 aromatic heterocycles. The van der Waals surface area contributed by atoms with Gasteiger partial charge in [0.15, 0.2) is 0 Å². The number of hydrogen-bond acceptors (Lipinski definition) is 3. The fourth-order valence-electron chi connectivity index (χ4n) is 1.20. The SMILES string of the molecule is COCC(C)c1cc(Cl)cnc1N. The molecule has 0 saturated carbocycles. The maximum Gasteiger partial charge on any atom is 0.126 e. The predicted molar refractivity (Wildman–Crippen MR) is 54.0 cm³/mol. The van der Waals surface area contributed by atoms with Crippen LogP contribution in [0.25, 0.3) is 0 Å². The average Bonchev–Trinajstić information content (AvgIpc) is 2.09. The highest BCUT2D eigenvalue weighted by atomic mass is 35.5. The number of aromatic nitrogens is 1. The lowest BCUT2D eigenvalue weighted by Crippen LogP contribution is -2.06. The van der Waals surface area contributed by atoms with E-state index in [1.54, 1.807) is 13.3 Å². The van der Waals surface area contributed by atoms with Crippen LogP contribution in [0.15, 0.2) is 12.3 Å². The van der Waals surface area contributed by atoms with Gasteiger partial charge in [0.2, 0.25) is 0 Å². The van der Waals surface area contributed by atoms with E-state index in [0.717, 1.165) is 5.56 Å². The van der Waals surface area contributed by atoms with Crippen molar-refractivity contribution in [3.05, 3.63) is 22.8 Å². The largest absolute Gasteiger partial charge is 0.384 e. The lowest BCUT2D eigenvalue weighted by molar-refractivity contribution is 0.184. The second-order valence-electron chi connectivity index (χ2n) is 2.98. The summed E-state index contributed by atoms with van der Waals surface area (Å²) in [4.78, 5) is 3.97. The molecule has 0 bridgehead atoms. The number of hydrogen-bond donors (Lipinski definition) is 1. The summed E-state index contributed by atoms with van der Waals surface area (Å²) in [5, 5.41) is 0.604. The van der Waals surface area contributed by atoms with Gasteiger partial charge in [0.05, 0.1) is 11.6 Å². The molecule has 0 amide bonds. The van der Waals surface area contributed by atoms with Crippen LogP contribution >= 0.6 is 11.6 Å². The highest BCUT2D eigenvalue weighted by Crippen LogP contribution is 2.23. The monoisotopic (exact) mass is 200 g/mol. The van der Waals surface area contributed by atoms with Crippen molar-refractivity contribution in [2.24, 2.45) is 0 Å². The zero-order valence-electron chi connectivity index (χ0n) is 7.75. The Bertz CT molecular complexity index is 291. The van der Waals surface area contributed by atoms with E-state index in [1.807, 2.05) is 13.0 Å². The van der Waals surface area contributed by atoms with Crippen LogP contribution in [0.1, 0.15) is 18.4 Å². The lowest BCUT2D eigenvalue weighted by atomic mass is 10.0. The van der Waals surface area contributed by atoms with Crippen molar-refractivity contribution in [2.75, 3.05) is 19.5 Å². The molecule has 0 radical (unpaired) electrons. The van der Waals surface area contributed by atoms with Crippen molar-refractivity contribution >= 4 is 17.4 Å². The van der Waals surface area contributed by atoms with E-state index in [9.17, 15) is 0 Å². The van der Waals surface area contributed by atoms with Gasteiger partial charge in [-0.3, -0.25) is 0 Å². The fraction of sp³-hybridized carbons (Fsp3) is 0.444. The average molecular weight is 201 g/mol. The molecule has 3 nitrogen and oxygen atoms in total. The maximum atomic E-state index is 5.80. The summed E-state index contributed by atoms with van der Waals surface area (Å²) in [6, 6.07) is 1.83. The molecule has 1 heterocycles. The van der Waals surface area contributed by atoms with Gasteiger partial charge in [0.25, 0.3) is 0 Å². The molecule has 4 heteroatoms. The Morgan fingerprint density at radius 3 is 3.00 bits per heavy atom. The van der Waals surface area contributed by atoms with Crippen LogP contribution in [0.3, 0.4) is 0 Å². The lowest BCUT2D eigenvalue weighted by Gasteiger charge is -2.12. The minimum absolute atomic E-state index is 0.219. The smallest absolute Gasteiger partial charge is 0.126 e. The molecular formula is C9H13ClN2O. The number of ether oxygens (including phenoxy) is 1. The Morgan fingerprint density at radius 2 is 2.38 bits per heavy atom. The molecule has 1 aromatic rings. The molecule has 0 aliphatic carbocycles. The molecule has 0 aliphatic rings. The van der Waals surface area contributed by atoms with E-state index >= 15 is 0 Å². The Balaban J connectivity index is 2.91. The standard InChI is InChI=1S/C9H13ClN2O/c1-6(5-13-2)8-3-7(10)4-12-9(8)11/h3-4,6H,5H2,1-2H3,(H2,11,12). The van der Waals surface area contributed by atoms with Gasteiger partial charge < -0.3 is 10.5 Å². The Hall–Kier alpha value is -0.800. The third-order valence-corrected chi connectivity index (χ3v) is 2.07. The van der Waals surface area contributed by atoms with Crippen LogP contribution in [0.4, 0.5) is 5.82 Å². The van der Waals surface area contributed by atoms with Crippen LogP contribution in [0.2, 0.25) is 5.02 Å². The molecule has 72 valence electrons. The quantitative estimate of drug-likeness (QED) is 0.813. The first-order valence-electron chi connectivity index (χ1n) is 4.05. The molecule has 1 atom stereocenters. The van der Waals surface area contributed by atoms with Crippen molar-refractivity contribution in [3.8, 4) is 0 Å². The van der Waals surface area contributed by atoms with Gasteiger partial charge in [-0.15, -0.1) is 0 Å². The van der Waals surface area contributed by atoms with E-state index < -0.39 is 0 Å². The van der Waals surface area contributed by atoms with Crippen molar-refractivity contribution < 1.29 is 4.74 Å². The van der Waals surface area contributed by atoms with Gasteiger partial charge in [0, 0.05) is 24.8 Å². The van der Waals surface area contributed by atoms with Crippen LogP contribution in [-0.4, -0.2) is 18.7 Å². The summed E-state index contributed by atoms with van der Waals surface area (Å²) >= 11 is 5.80. The van der Waals surface area contributed by atoms with Gasteiger partial charge in [-0.25, -0.2) is 4.98 Å². The van der Waals surface area contributed by atoms with E-state index in [2.05, 4.69) is 4.98 Å². The van der Waals surface area contributed by atoms with Crippen molar-refractivity contribution in [3.63, 3.8) is 0 Å². The summed E-state index contributed by atoms with van der Waals surface area (Å²) in [5.41, 5.74) is 6.63. The molecule has 1 rings (SSSR count). The number of rotatable bonds is 3. The molecule has 0 aliphatic heterocycles. The zero-order chi connectivity index (χ0) is 9.84. The second kappa shape index (κ2) is 4.44. The van der Waals surface area contributed by atoms with Crippen molar-refractivity contribution in [1.82, 2.24) is 4.98 Å². The van der Waals surface area contributed by atoms with Crippen LogP contribution in [0, 0.1) is 0 Å². The number of methoxy groups -OCH3 is 1. The van der Waals surface area contributed by atoms with E-state index in [-0.39, 0.29) is 5.92 Å². The Morgan fingerprint density at radius 1 is 1.69 bits per heavy atom. The first-order chi connectivity index (χ1) is 6.15. The topological polar surface area (TPSA) is 48.1 Å². The number of nitrogen functional groups attached to an aromatic ring is 1. The fourth-order valence-corrected chi connectivity index (χ4v) is 1.37. The molecule has 0 fully saturated rings. The molecule has 1 unspecified atom stereocenters. The van der Waals surface area contributed by atoms with Gasteiger partial charge >= 0.3 is 0 Å². The Labute approximate surface area is 82.9 Å². The number of anilines is 1. The first-order valence-corrected chi connectivity index (χ1v) is 4.42. The van der Waals surface area contributed by atoms with Gasteiger partial charge in [-0.05, 0) is 6.07 Å². The molecule has 13 heavy (non-hydrogen) atoms. The maximum absolute atomic E-state index is 5.80. The summed E-state index contributed by atoms with van der Waals surface area (Å²) in [5.74, 6) is 0.741. The number of pyridine rings is 1. The minimum Gasteiger partial charge on any atom is -0.384 e. The summed E-state index contributed by atoms with van der Waals surface area (Å²) in [7, 11) is 1.66. The van der Waals surface area contributed by atoms with Crippen LogP contribution in [0.5, 0.6) is 0 Å². The first kappa shape index (κ1) is 10.3. The number of nitrogens with zero attached hydrogens (tertiary/aromatic N) is 1. The molecule has 0 aromatic carbocycles. The molecule has 0 spiro atoms. The molecule has 0 saturated heterocycles. The highest BCUT2D eigenvalue weighted by molar-refractivity contribution is 6.30. The molecular weight excluding hydrogens is 188 g/mol. The number of nitrogens with two attached hydrogens (primary N) is 1. The van der Waals surface area contributed by atoms with Crippen LogP contribution < -0.4 is 5.73 Å². The van der Waals surface area contributed by atoms with Crippen molar-refractivity contribution in [2.45, 2.75) is 12.8 Å². The Kier molecular flexibility index (Phi) is 3.51. The van der Waals surface area contributed by atoms with Gasteiger partial charge in [-0.2, -0.15) is 0 Å². The summed E-state index contributed by atoms with van der Waals surface area (Å²) in [6.45, 7) is 2.64. The number of halogens is 1. The van der Waals surface area contributed by atoms with Crippen molar-refractivity contribution in [1.29, 1.82) is 0 Å². The third-order valence-electron chi connectivity index (χ3n) is 1.86. The summed E-state index contributed by atoms with van der Waals surface area (Å²) < 4.78 is 5.03. The summed E-state index contributed by atoms with van der Waals surface area (Å²) in [6.07, 6.45) is 1.54. The van der Waals surface area contributed by atoms with E-state index in [1.165, 1.54) is 0 Å². The third kappa shape index (κ3) is 2.57. The van der Waals surface area contributed by atoms with E-state index in [4.69, 9.17) is 22.1 Å². The molecule has 2 N–H and O–H groups in total.